The molecule has 2 aromatic rings. The average molecular weight is 345 g/mol. The first-order valence-electron chi connectivity index (χ1n) is 7.62. The van der Waals surface area contributed by atoms with Gasteiger partial charge >= 0.3 is 6.09 Å². The summed E-state index contributed by atoms with van der Waals surface area (Å²) in [6.45, 7) is 2.10. The molecule has 6 heteroatoms. The van der Waals surface area contributed by atoms with Gasteiger partial charge in [0, 0.05) is 18.2 Å². The van der Waals surface area contributed by atoms with Crippen molar-refractivity contribution in [2.45, 2.75) is 13.0 Å². The van der Waals surface area contributed by atoms with Crippen LogP contribution < -0.4 is 10.2 Å². The Kier molecular flexibility index (Phi) is 4.71. The van der Waals surface area contributed by atoms with Gasteiger partial charge in [0.25, 0.3) is 0 Å². The second-order valence-electron chi connectivity index (χ2n) is 5.58. The Morgan fingerprint density at radius 1 is 1.29 bits per heavy atom. The molecule has 1 saturated heterocycles. The lowest BCUT2D eigenvalue weighted by Crippen LogP contribution is -2.33. The Morgan fingerprint density at radius 2 is 2.04 bits per heavy atom. The summed E-state index contributed by atoms with van der Waals surface area (Å²) >= 11 is 6.39. The van der Waals surface area contributed by atoms with Gasteiger partial charge in [-0.25, -0.2) is 4.79 Å². The van der Waals surface area contributed by atoms with Crippen molar-refractivity contribution in [3.63, 3.8) is 0 Å². The van der Waals surface area contributed by atoms with Crippen LogP contribution in [0.1, 0.15) is 6.92 Å². The number of benzene rings is 2. The predicted octanol–water partition coefficient (Wildman–Crippen LogP) is 3.47. The number of hydrogen-bond donors (Lipinski definition) is 1. The highest BCUT2D eigenvalue weighted by atomic mass is 35.5. The molecule has 0 saturated carbocycles. The maximum absolute atomic E-state index is 12.0. The fourth-order valence-corrected chi connectivity index (χ4v) is 2.90. The summed E-state index contributed by atoms with van der Waals surface area (Å²) in [4.78, 5) is 24.5. The molecular weight excluding hydrogens is 328 g/mol. The number of carbonyl (C=O) groups is 2. The van der Waals surface area contributed by atoms with Crippen LogP contribution in [0.15, 0.2) is 48.5 Å². The third-order valence-corrected chi connectivity index (χ3v) is 4.11. The zero-order chi connectivity index (χ0) is 17.1. The van der Waals surface area contributed by atoms with Crippen LogP contribution in [-0.4, -0.2) is 31.2 Å². The summed E-state index contributed by atoms with van der Waals surface area (Å²) in [7, 11) is 0. The van der Waals surface area contributed by atoms with Crippen LogP contribution >= 0.6 is 11.6 Å². The molecule has 1 unspecified atom stereocenters. The lowest BCUT2D eigenvalue weighted by Gasteiger charge is -2.15. The molecule has 5 nitrogen and oxygen atoms in total. The van der Waals surface area contributed by atoms with Crippen molar-refractivity contribution in [3.05, 3.63) is 53.6 Å². The quantitative estimate of drug-likeness (QED) is 0.924. The number of hydrogen-bond acceptors (Lipinski definition) is 3. The van der Waals surface area contributed by atoms with Crippen LogP contribution in [0.3, 0.4) is 0 Å². The fraction of sp³-hybridized carbons (Fsp3) is 0.222. The summed E-state index contributed by atoms with van der Waals surface area (Å²) in [5.74, 6) is -0.153. The van der Waals surface area contributed by atoms with E-state index in [4.69, 9.17) is 16.3 Å². The summed E-state index contributed by atoms with van der Waals surface area (Å²) in [5, 5.41) is 3.22. The zero-order valence-electron chi connectivity index (χ0n) is 13.2. The molecule has 0 radical (unpaired) electrons. The number of ether oxygens (including phenoxy) is 1. The molecule has 0 bridgehead atoms. The molecule has 1 aliphatic rings. The maximum atomic E-state index is 12.0. The van der Waals surface area contributed by atoms with Crippen LogP contribution in [-0.2, 0) is 9.53 Å². The van der Waals surface area contributed by atoms with Crippen molar-refractivity contribution >= 4 is 29.3 Å². The van der Waals surface area contributed by atoms with E-state index in [9.17, 15) is 9.59 Å². The topological polar surface area (TPSA) is 58.6 Å². The van der Waals surface area contributed by atoms with E-state index in [0.29, 0.717) is 23.8 Å². The molecule has 1 atom stereocenters. The second kappa shape index (κ2) is 6.93. The summed E-state index contributed by atoms with van der Waals surface area (Å²) in [5.41, 5.74) is 2.60. The highest BCUT2D eigenvalue weighted by molar-refractivity contribution is 6.33. The standard InChI is InChI=1S/C18H17ClN2O3/c1-12(22)20-10-15-11-21(18(23)24-15)14-7-8-16(17(19)9-14)13-5-3-2-4-6-13/h2-9,15H,10-11H2,1H3,(H,20,22). The van der Waals surface area contributed by atoms with Crippen molar-refractivity contribution in [2.75, 3.05) is 18.0 Å². The minimum atomic E-state index is -0.436. The van der Waals surface area contributed by atoms with Gasteiger partial charge in [0.15, 0.2) is 0 Å². The number of carbonyl (C=O) groups excluding carboxylic acids is 2. The molecule has 1 fully saturated rings. The van der Waals surface area contributed by atoms with E-state index in [-0.39, 0.29) is 12.0 Å². The van der Waals surface area contributed by atoms with Gasteiger partial charge in [-0.15, -0.1) is 0 Å². The van der Waals surface area contributed by atoms with Gasteiger partial charge in [-0.3, -0.25) is 9.69 Å². The van der Waals surface area contributed by atoms with E-state index < -0.39 is 6.09 Å². The lowest BCUT2D eigenvalue weighted by molar-refractivity contribution is -0.119. The van der Waals surface area contributed by atoms with Crippen LogP contribution in [0.2, 0.25) is 5.02 Å². The number of cyclic esters (lactones) is 1. The first-order valence-corrected chi connectivity index (χ1v) is 8.00. The van der Waals surface area contributed by atoms with Crippen LogP contribution in [0, 0.1) is 0 Å². The van der Waals surface area contributed by atoms with Crippen LogP contribution in [0.4, 0.5) is 10.5 Å². The Labute approximate surface area is 145 Å². The van der Waals surface area contributed by atoms with E-state index >= 15 is 0 Å². The van der Waals surface area contributed by atoms with Crippen molar-refractivity contribution < 1.29 is 14.3 Å². The first-order chi connectivity index (χ1) is 11.5. The number of nitrogens with one attached hydrogen (secondary N) is 1. The number of rotatable bonds is 4. The lowest BCUT2D eigenvalue weighted by atomic mass is 10.1. The summed E-state index contributed by atoms with van der Waals surface area (Å²) in [6, 6.07) is 15.3. The molecule has 1 aliphatic heterocycles. The highest BCUT2D eigenvalue weighted by Gasteiger charge is 2.32. The number of halogens is 1. The van der Waals surface area contributed by atoms with E-state index in [2.05, 4.69) is 5.32 Å². The SMILES string of the molecule is CC(=O)NCC1CN(c2ccc(-c3ccccc3)c(Cl)c2)C(=O)O1. The average Bonchev–Trinajstić information content (AvgIpc) is 2.94. The first kappa shape index (κ1) is 16.3. The van der Waals surface area contributed by atoms with Crippen molar-refractivity contribution in [3.8, 4) is 11.1 Å². The number of amides is 2. The monoisotopic (exact) mass is 344 g/mol. The zero-order valence-corrected chi connectivity index (χ0v) is 13.9. The molecule has 1 heterocycles. The molecule has 124 valence electrons. The number of nitrogens with zero attached hydrogens (tertiary/aromatic N) is 1. The third-order valence-electron chi connectivity index (χ3n) is 3.80. The molecule has 0 aliphatic carbocycles. The Hall–Kier alpha value is -2.53. The van der Waals surface area contributed by atoms with Crippen molar-refractivity contribution in [1.29, 1.82) is 0 Å². The molecular formula is C18H17ClN2O3. The predicted molar refractivity (Wildman–Crippen MR) is 93.2 cm³/mol. The molecule has 0 aromatic heterocycles. The Balaban J connectivity index is 1.77. The Bertz CT molecular complexity index is 764. The molecule has 0 spiro atoms. The summed E-state index contributed by atoms with van der Waals surface area (Å²) in [6.07, 6.45) is -0.803. The molecule has 2 aromatic carbocycles. The summed E-state index contributed by atoms with van der Waals surface area (Å²) < 4.78 is 5.26. The van der Waals surface area contributed by atoms with Gasteiger partial charge in [0.1, 0.15) is 6.10 Å². The third kappa shape index (κ3) is 3.51. The van der Waals surface area contributed by atoms with E-state index in [1.54, 1.807) is 6.07 Å². The fourth-order valence-electron chi connectivity index (χ4n) is 2.62. The molecule has 2 amide bonds. The van der Waals surface area contributed by atoms with Crippen molar-refractivity contribution in [2.24, 2.45) is 0 Å². The van der Waals surface area contributed by atoms with Gasteiger partial charge in [-0.2, -0.15) is 0 Å². The van der Waals surface area contributed by atoms with E-state index in [0.717, 1.165) is 11.1 Å². The van der Waals surface area contributed by atoms with Gasteiger partial charge in [0.05, 0.1) is 18.1 Å². The normalized spacial score (nSPS) is 16.8. The van der Waals surface area contributed by atoms with E-state index in [1.807, 2.05) is 42.5 Å². The smallest absolute Gasteiger partial charge is 0.414 e. The minimum Gasteiger partial charge on any atom is -0.442 e. The molecule has 1 N–H and O–H groups in total. The minimum absolute atomic E-state index is 0.153. The van der Waals surface area contributed by atoms with Gasteiger partial charge < -0.3 is 10.1 Å². The van der Waals surface area contributed by atoms with Crippen molar-refractivity contribution in [1.82, 2.24) is 5.32 Å². The molecule has 3 rings (SSSR count). The van der Waals surface area contributed by atoms with E-state index in [1.165, 1.54) is 11.8 Å². The second-order valence-corrected chi connectivity index (χ2v) is 5.99. The van der Waals surface area contributed by atoms with Gasteiger partial charge in [0.2, 0.25) is 5.91 Å². The van der Waals surface area contributed by atoms with Crippen LogP contribution in [0.25, 0.3) is 11.1 Å². The largest absolute Gasteiger partial charge is 0.442 e. The molecule has 24 heavy (non-hydrogen) atoms. The Morgan fingerprint density at radius 3 is 2.71 bits per heavy atom. The number of anilines is 1. The van der Waals surface area contributed by atoms with Gasteiger partial charge in [-0.05, 0) is 17.7 Å². The highest BCUT2D eigenvalue weighted by Crippen LogP contribution is 2.32. The maximum Gasteiger partial charge on any atom is 0.414 e. The van der Waals surface area contributed by atoms with Crippen LogP contribution in [0.5, 0.6) is 0 Å². The van der Waals surface area contributed by atoms with Gasteiger partial charge in [-0.1, -0.05) is 48.0 Å².